The molecule has 21 heavy (non-hydrogen) atoms. The number of nitrogens with two attached hydrogens (primary N) is 1. The normalized spacial score (nSPS) is 29.6. The molecule has 120 valence electrons. The molecule has 2 saturated heterocycles. The van der Waals surface area contributed by atoms with Crippen LogP contribution in [-0.4, -0.2) is 71.2 Å². The van der Waals surface area contributed by atoms with Crippen LogP contribution in [0.4, 0.5) is 0 Å². The zero-order valence-electron chi connectivity index (χ0n) is 12.9. The van der Waals surface area contributed by atoms with Crippen molar-refractivity contribution in [2.45, 2.75) is 44.8 Å². The van der Waals surface area contributed by atoms with Crippen molar-refractivity contribution in [3.05, 3.63) is 0 Å². The summed E-state index contributed by atoms with van der Waals surface area (Å²) in [6.45, 7) is 7.35. The summed E-state index contributed by atoms with van der Waals surface area (Å²) in [6, 6.07) is -0.0643. The molecule has 0 spiro atoms. The molecule has 0 aromatic rings. The second-order valence-electron chi connectivity index (χ2n) is 5.96. The number of carbonyl (C=O) groups excluding carboxylic acids is 1. The van der Waals surface area contributed by atoms with Crippen LogP contribution in [0.15, 0.2) is 5.16 Å². The predicted molar refractivity (Wildman–Crippen MR) is 79.2 cm³/mol. The number of nitrogens with zero attached hydrogens (tertiary/aromatic N) is 3. The first-order valence-electron chi connectivity index (χ1n) is 7.66. The minimum absolute atomic E-state index is 0.0643. The van der Waals surface area contributed by atoms with Crippen LogP contribution in [0.25, 0.3) is 0 Å². The van der Waals surface area contributed by atoms with Gasteiger partial charge in [0.1, 0.15) is 5.60 Å². The van der Waals surface area contributed by atoms with Crippen LogP contribution in [0, 0.1) is 0 Å². The molecule has 2 fully saturated rings. The third-order valence-corrected chi connectivity index (χ3v) is 4.56. The van der Waals surface area contributed by atoms with Gasteiger partial charge in [-0.25, -0.2) is 0 Å². The van der Waals surface area contributed by atoms with Crippen molar-refractivity contribution in [3.63, 3.8) is 0 Å². The van der Waals surface area contributed by atoms with E-state index in [1.54, 1.807) is 0 Å². The maximum atomic E-state index is 12.6. The van der Waals surface area contributed by atoms with Gasteiger partial charge in [-0.2, -0.15) is 0 Å². The van der Waals surface area contributed by atoms with Crippen molar-refractivity contribution in [1.82, 2.24) is 9.80 Å². The fourth-order valence-corrected chi connectivity index (χ4v) is 3.24. The van der Waals surface area contributed by atoms with Crippen LogP contribution in [-0.2, 0) is 9.53 Å². The number of hydrogen-bond acceptors (Lipinski definition) is 5. The van der Waals surface area contributed by atoms with Crippen LogP contribution in [0.1, 0.15) is 33.1 Å². The summed E-state index contributed by atoms with van der Waals surface area (Å²) in [7, 11) is 0. The van der Waals surface area contributed by atoms with Gasteiger partial charge in [0.05, 0.1) is 6.04 Å². The topological polar surface area (TPSA) is 91.4 Å². The van der Waals surface area contributed by atoms with Gasteiger partial charge in [0.2, 0.25) is 0 Å². The Morgan fingerprint density at radius 2 is 2.10 bits per heavy atom. The van der Waals surface area contributed by atoms with Crippen LogP contribution < -0.4 is 5.73 Å². The van der Waals surface area contributed by atoms with Crippen molar-refractivity contribution in [2.75, 3.05) is 32.8 Å². The SMILES string of the molecule is CCC(C(N)=NO)N1CCN(C(=O)C2(C)CCCO2)CC1. The Morgan fingerprint density at radius 3 is 2.57 bits per heavy atom. The molecule has 2 heterocycles. The maximum absolute atomic E-state index is 12.6. The minimum atomic E-state index is -0.641. The van der Waals surface area contributed by atoms with Crippen LogP contribution in [0.2, 0.25) is 0 Å². The van der Waals surface area contributed by atoms with E-state index in [0.29, 0.717) is 19.7 Å². The van der Waals surface area contributed by atoms with Gasteiger partial charge >= 0.3 is 0 Å². The lowest BCUT2D eigenvalue weighted by molar-refractivity contribution is -0.152. The highest BCUT2D eigenvalue weighted by atomic mass is 16.5. The highest BCUT2D eigenvalue weighted by Gasteiger charge is 2.41. The lowest BCUT2D eigenvalue weighted by atomic mass is 10.0. The summed E-state index contributed by atoms with van der Waals surface area (Å²) in [4.78, 5) is 16.6. The summed E-state index contributed by atoms with van der Waals surface area (Å²) in [5.74, 6) is 0.333. The van der Waals surface area contributed by atoms with Gasteiger partial charge in [-0.05, 0) is 26.2 Å². The van der Waals surface area contributed by atoms with E-state index >= 15 is 0 Å². The Hall–Kier alpha value is -1.34. The van der Waals surface area contributed by atoms with E-state index in [-0.39, 0.29) is 17.8 Å². The van der Waals surface area contributed by atoms with E-state index in [1.807, 2.05) is 18.7 Å². The molecule has 0 aromatic carbocycles. The molecule has 0 saturated carbocycles. The van der Waals surface area contributed by atoms with Gasteiger partial charge in [0.25, 0.3) is 5.91 Å². The first kappa shape index (κ1) is 16.0. The smallest absolute Gasteiger partial charge is 0.254 e. The van der Waals surface area contributed by atoms with Crippen molar-refractivity contribution in [1.29, 1.82) is 0 Å². The molecule has 1 amide bonds. The molecule has 0 aliphatic carbocycles. The molecule has 3 N–H and O–H groups in total. The molecule has 7 heteroatoms. The molecule has 2 aliphatic rings. The molecular formula is C14H26N4O3. The molecule has 2 unspecified atom stereocenters. The van der Waals surface area contributed by atoms with Crippen molar-refractivity contribution in [2.24, 2.45) is 10.9 Å². The summed E-state index contributed by atoms with van der Waals surface area (Å²) in [5.41, 5.74) is 5.09. The number of ether oxygens (including phenoxy) is 1. The van der Waals surface area contributed by atoms with Crippen LogP contribution >= 0.6 is 0 Å². The molecule has 2 rings (SSSR count). The molecule has 7 nitrogen and oxygen atoms in total. The Labute approximate surface area is 125 Å². The maximum Gasteiger partial charge on any atom is 0.254 e. The Morgan fingerprint density at radius 1 is 1.43 bits per heavy atom. The third kappa shape index (κ3) is 3.29. The average molecular weight is 298 g/mol. The monoisotopic (exact) mass is 298 g/mol. The molecule has 0 radical (unpaired) electrons. The quantitative estimate of drug-likeness (QED) is 0.335. The number of oxime groups is 1. The number of carbonyl (C=O) groups is 1. The fourth-order valence-electron chi connectivity index (χ4n) is 3.24. The van der Waals surface area contributed by atoms with Crippen LogP contribution in [0.5, 0.6) is 0 Å². The zero-order valence-corrected chi connectivity index (χ0v) is 12.9. The van der Waals surface area contributed by atoms with Crippen molar-refractivity contribution in [3.8, 4) is 0 Å². The van der Waals surface area contributed by atoms with E-state index < -0.39 is 5.60 Å². The summed E-state index contributed by atoms with van der Waals surface area (Å²) in [6.07, 6.45) is 2.53. The van der Waals surface area contributed by atoms with E-state index in [1.165, 1.54) is 0 Å². The molecular weight excluding hydrogens is 272 g/mol. The van der Waals surface area contributed by atoms with Crippen LogP contribution in [0.3, 0.4) is 0 Å². The van der Waals surface area contributed by atoms with Gasteiger partial charge in [-0.1, -0.05) is 12.1 Å². The lowest BCUT2D eigenvalue weighted by Crippen LogP contribution is -2.58. The Kier molecular flexibility index (Phi) is 5.05. The van der Waals surface area contributed by atoms with Gasteiger partial charge in [0, 0.05) is 32.8 Å². The molecule has 2 aliphatic heterocycles. The largest absolute Gasteiger partial charge is 0.409 e. The number of rotatable bonds is 4. The number of amides is 1. The summed E-state index contributed by atoms with van der Waals surface area (Å²) in [5, 5.41) is 12.0. The number of piperazine rings is 1. The summed E-state index contributed by atoms with van der Waals surface area (Å²) < 4.78 is 5.63. The Balaban J connectivity index is 1.92. The van der Waals surface area contributed by atoms with E-state index in [0.717, 1.165) is 32.4 Å². The van der Waals surface area contributed by atoms with Gasteiger partial charge in [-0.15, -0.1) is 0 Å². The highest BCUT2D eigenvalue weighted by molar-refractivity contribution is 5.86. The van der Waals surface area contributed by atoms with Gasteiger partial charge in [-0.3, -0.25) is 9.69 Å². The summed E-state index contributed by atoms with van der Waals surface area (Å²) >= 11 is 0. The second kappa shape index (κ2) is 6.62. The minimum Gasteiger partial charge on any atom is -0.409 e. The Bertz CT molecular complexity index is 399. The number of amidine groups is 1. The molecule has 0 aromatic heterocycles. The number of hydrogen-bond donors (Lipinski definition) is 2. The molecule has 0 bridgehead atoms. The first-order chi connectivity index (χ1) is 10.0. The lowest BCUT2D eigenvalue weighted by Gasteiger charge is -2.40. The second-order valence-corrected chi connectivity index (χ2v) is 5.96. The van der Waals surface area contributed by atoms with Crippen molar-refractivity contribution >= 4 is 11.7 Å². The standard InChI is InChI=1S/C14H26N4O3/c1-3-11(12(15)16-20)17-6-8-18(9-7-17)13(19)14(2)5-4-10-21-14/h11,20H,3-10H2,1-2H3,(H2,15,16). The first-order valence-corrected chi connectivity index (χ1v) is 7.66. The highest BCUT2D eigenvalue weighted by Crippen LogP contribution is 2.27. The average Bonchev–Trinajstić information content (AvgIpc) is 2.96. The molecule has 2 atom stereocenters. The van der Waals surface area contributed by atoms with E-state index in [4.69, 9.17) is 15.7 Å². The fraction of sp³-hybridized carbons (Fsp3) is 0.857. The predicted octanol–water partition coefficient (Wildman–Crippen LogP) is 0.225. The van der Waals surface area contributed by atoms with Gasteiger partial charge < -0.3 is 20.6 Å². The third-order valence-electron chi connectivity index (χ3n) is 4.56. The van der Waals surface area contributed by atoms with E-state index in [9.17, 15) is 4.79 Å². The van der Waals surface area contributed by atoms with Crippen molar-refractivity contribution < 1.29 is 14.7 Å². The van der Waals surface area contributed by atoms with Gasteiger partial charge in [0.15, 0.2) is 5.84 Å². The van der Waals surface area contributed by atoms with E-state index in [2.05, 4.69) is 10.1 Å². The zero-order chi connectivity index (χ0) is 15.5.